The Balaban J connectivity index is 2.04. The number of benzene rings is 2. The lowest BCUT2D eigenvalue weighted by molar-refractivity contribution is -0.116. The highest BCUT2D eigenvalue weighted by Gasteiger charge is 2.11. The minimum absolute atomic E-state index is 0.159. The molecular formula is C17H18ClNO3S. The summed E-state index contributed by atoms with van der Waals surface area (Å²) in [4.78, 5) is 12.3. The summed E-state index contributed by atoms with van der Waals surface area (Å²) in [6.07, 6.45) is 2.04. The smallest absolute Gasteiger partial charge is 0.224 e. The molecule has 0 aromatic heterocycles. The van der Waals surface area contributed by atoms with Crippen LogP contribution in [0, 0.1) is 6.92 Å². The molecule has 0 saturated heterocycles. The van der Waals surface area contributed by atoms with Crippen molar-refractivity contribution in [2.24, 2.45) is 0 Å². The second-order valence-corrected chi connectivity index (χ2v) is 7.88. The quantitative estimate of drug-likeness (QED) is 0.894. The lowest BCUT2D eigenvalue weighted by Gasteiger charge is -2.10. The first kappa shape index (κ1) is 17.5. The van der Waals surface area contributed by atoms with Crippen LogP contribution in [0.25, 0.3) is 0 Å². The lowest BCUT2D eigenvalue weighted by atomic mass is 10.1. The summed E-state index contributed by atoms with van der Waals surface area (Å²) in [6, 6.07) is 12.0. The number of hydrogen-bond acceptors (Lipinski definition) is 3. The molecule has 6 heteroatoms. The third-order valence-corrected chi connectivity index (χ3v) is 4.83. The third kappa shape index (κ3) is 5.08. The monoisotopic (exact) mass is 351 g/mol. The molecule has 2 aromatic carbocycles. The van der Waals surface area contributed by atoms with Crippen LogP contribution < -0.4 is 5.32 Å². The largest absolute Gasteiger partial charge is 0.326 e. The maximum atomic E-state index is 12.1. The van der Waals surface area contributed by atoms with Gasteiger partial charge in [0.15, 0.2) is 9.84 Å². The number of carbonyl (C=O) groups is 1. The van der Waals surface area contributed by atoms with Gasteiger partial charge in [0.2, 0.25) is 5.91 Å². The Hall–Kier alpha value is -1.85. The summed E-state index contributed by atoms with van der Waals surface area (Å²) in [6.45, 7) is 1.82. The number of nitrogens with one attached hydrogen (secondary N) is 1. The molecule has 4 nitrogen and oxygen atoms in total. The fourth-order valence-electron chi connectivity index (χ4n) is 2.09. The Bertz CT molecular complexity index is 814. The highest BCUT2D eigenvalue weighted by atomic mass is 35.5. The van der Waals surface area contributed by atoms with Crippen molar-refractivity contribution < 1.29 is 13.2 Å². The van der Waals surface area contributed by atoms with Gasteiger partial charge in [0.25, 0.3) is 0 Å². The molecule has 1 amide bonds. The van der Waals surface area contributed by atoms with E-state index in [1.807, 2.05) is 19.1 Å². The fourth-order valence-corrected chi connectivity index (χ4v) is 2.86. The predicted molar refractivity (Wildman–Crippen MR) is 92.7 cm³/mol. The number of halogens is 1. The van der Waals surface area contributed by atoms with Gasteiger partial charge in [0.05, 0.1) is 4.90 Å². The molecule has 0 aliphatic carbocycles. The summed E-state index contributed by atoms with van der Waals surface area (Å²) < 4.78 is 23.2. The van der Waals surface area contributed by atoms with Crippen LogP contribution in [0.3, 0.4) is 0 Å². The van der Waals surface area contributed by atoms with E-state index in [9.17, 15) is 13.2 Å². The number of anilines is 1. The van der Waals surface area contributed by atoms with Crippen LogP contribution in [0.5, 0.6) is 0 Å². The summed E-state index contributed by atoms with van der Waals surface area (Å²) in [5, 5.41) is 3.43. The van der Waals surface area contributed by atoms with Crippen LogP contribution >= 0.6 is 11.6 Å². The first-order chi connectivity index (χ1) is 10.8. The van der Waals surface area contributed by atoms with E-state index in [1.54, 1.807) is 18.2 Å². The molecule has 122 valence electrons. The molecule has 0 aliphatic rings. The van der Waals surface area contributed by atoms with Gasteiger partial charge in [-0.05, 0) is 48.7 Å². The first-order valence-electron chi connectivity index (χ1n) is 7.11. The number of carbonyl (C=O) groups excluding carboxylic acids is 1. The van der Waals surface area contributed by atoms with Crippen molar-refractivity contribution in [2.45, 2.75) is 24.7 Å². The summed E-state index contributed by atoms with van der Waals surface area (Å²) in [7, 11) is -3.30. The van der Waals surface area contributed by atoms with Crippen LogP contribution in [0.4, 0.5) is 5.69 Å². The Morgan fingerprint density at radius 2 is 1.78 bits per heavy atom. The van der Waals surface area contributed by atoms with Crippen LogP contribution in [0.1, 0.15) is 17.5 Å². The molecule has 2 rings (SSSR count). The molecule has 0 bridgehead atoms. The van der Waals surface area contributed by atoms with E-state index in [2.05, 4.69) is 5.32 Å². The zero-order valence-electron chi connectivity index (χ0n) is 13.0. The van der Waals surface area contributed by atoms with Crippen LogP contribution in [-0.4, -0.2) is 20.6 Å². The summed E-state index contributed by atoms with van der Waals surface area (Å²) in [5.74, 6) is -0.159. The number of rotatable bonds is 5. The molecule has 0 saturated carbocycles. The van der Waals surface area contributed by atoms with Crippen LogP contribution in [0.15, 0.2) is 47.4 Å². The number of amides is 1. The minimum atomic E-state index is -3.30. The van der Waals surface area contributed by atoms with Crippen molar-refractivity contribution in [1.82, 2.24) is 0 Å². The van der Waals surface area contributed by atoms with Gasteiger partial charge in [-0.1, -0.05) is 29.8 Å². The SMILES string of the molecule is Cc1ccc(S(C)(=O)=O)cc1NC(=O)CCc1ccc(Cl)cc1. The second kappa shape index (κ2) is 7.15. The van der Waals surface area contributed by atoms with Gasteiger partial charge < -0.3 is 5.32 Å². The molecule has 1 N–H and O–H groups in total. The molecule has 0 fully saturated rings. The van der Waals surface area contributed by atoms with Gasteiger partial charge in [0, 0.05) is 23.4 Å². The summed E-state index contributed by atoms with van der Waals surface area (Å²) >= 11 is 5.82. The van der Waals surface area contributed by atoms with E-state index in [1.165, 1.54) is 12.1 Å². The number of aryl methyl sites for hydroxylation is 2. The van der Waals surface area contributed by atoms with E-state index >= 15 is 0 Å². The molecule has 0 spiro atoms. The molecule has 2 aromatic rings. The zero-order valence-corrected chi connectivity index (χ0v) is 14.5. The van der Waals surface area contributed by atoms with Crippen molar-refractivity contribution >= 4 is 33.0 Å². The van der Waals surface area contributed by atoms with Crippen molar-refractivity contribution in [1.29, 1.82) is 0 Å². The van der Waals surface area contributed by atoms with E-state index in [4.69, 9.17) is 11.6 Å². The molecule has 0 heterocycles. The van der Waals surface area contributed by atoms with Crippen molar-refractivity contribution in [2.75, 3.05) is 11.6 Å². The maximum Gasteiger partial charge on any atom is 0.224 e. The van der Waals surface area contributed by atoms with Gasteiger partial charge in [-0.15, -0.1) is 0 Å². The first-order valence-corrected chi connectivity index (χ1v) is 9.37. The Labute approximate surface area is 141 Å². The molecule has 23 heavy (non-hydrogen) atoms. The van der Waals surface area contributed by atoms with Crippen LogP contribution in [0.2, 0.25) is 5.02 Å². The topological polar surface area (TPSA) is 63.2 Å². The molecule has 0 radical (unpaired) electrons. The van der Waals surface area contributed by atoms with Crippen LogP contribution in [-0.2, 0) is 21.1 Å². The zero-order chi connectivity index (χ0) is 17.0. The van der Waals surface area contributed by atoms with Crippen molar-refractivity contribution in [3.63, 3.8) is 0 Å². The molecule has 0 atom stereocenters. The van der Waals surface area contributed by atoms with E-state index < -0.39 is 9.84 Å². The highest BCUT2D eigenvalue weighted by molar-refractivity contribution is 7.90. The Morgan fingerprint density at radius 3 is 2.39 bits per heavy atom. The summed E-state index contributed by atoms with van der Waals surface area (Å²) in [5.41, 5.74) is 2.36. The Kier molecular flexibility index (Phi) is 5.44. The van der Waals surface area contributed by atoms with Gasteiger partial charge in [0.1, 0.15) is 0 Å². The van der Waals surface area contributed by atoms with Gasteiger partial charge in [-0.25, -0.2) is 8.42 Å². The fraction of sp³-hybridized carbons (Fsp3) is 0.235. The second-order valence-electron chi connectivity index (χ2n) is 5.42. The average Bonchev–Trinajstić information content (AvgIpc) is 2.48. The Morgan fingerprint density at radius 1 is 1.13 bits per heavy atom. The molecule has 0 aliphatic heterocycles. The third-order valence-electron chi connectivity index (χ3n) is 3.47. The van der Waals surface area contributed by atoms with Gasteiger partial charge >= 0.3 is 0 Å². The van der Waals surface area contributed by atoms with E-state index in [-0.39, 0.29) is 10.8 Å². The minimum Gasteiger partial charge on any atom is -0.326 e. The van der Waals surface area contributed by atoms with Crippen molar-refractivity contribution in [3.05, 3.63) is 58.6 Å². The highest BCUT2D eigenvalue weighted by Crippen LogP contribution is 2.20. The molecule has 0 unspecified atom stereocenters. The average molecular weight is 352 g/mol. The number of hydrogen-bond donors (Lipinski definition) is 1. The number of sulfone groups is 1. The van der Waals surface area contributed by atoms with E-state index in [0.717, 1.165) is 17.4 Å². The van der Waals surface area contributed by atoms with E-state index in [0.29, 0.717) is 23.6 Å². The standard InChI is InChI=1S/C17H18ClNO3S/c1-12-3-9-15(23(2,21)22)11-16(12)19-17(20)10-6-13-4-7-14(18)8-5-13/h3-5,7-9,11H,6,10H2,1-2H3,(H,19,20). The predicted octanol–water partition coefficient (Wildman–Crippen LogP) is 3.62. The van der Waals surface area contributed by atoms with Gasteiger partial charge in [-0.2, -0.15) is 0 Å². The van der Waals surface area contributed by atoms with Gasteiger partial charge in [-0.3, -0.25) is 4.79 Å². The molecular weight excluding hydrogens is 334 g/mol. The van der Waals surface area contributed by atoms with Crippen molar-refractivity contribution in [3.8, 4) is 0 Å². The lowest BCUT2D eigenvalue weighted by Crippen LogP contribution is -2.13. The normalized spacial score (nSPS) is 11.3. The maximum absolute atomic E-state index is 12.1.